The summed E-state index contributed by atoms with van der Waals surface area (Å²) in [6.45, 7) is 2.48. The minimum Gasteiger partial charge on any atom is -0.424 e. The predicted octanol–water partition coefficient (Wildman–Crippen LogP) is 2.82. The van der Waals surface area contributed by atoms with Crippen LogP contribution in [0.25, 0.3) is 0 Å². The quantitative estimate of drug-likeness (QED) is 0.940. The fraction of sp³-hybridized carbons (Fsp3) is 0.556. The molecular formula is C18H23N3O2. The van der Waals surface area contributed by atoms with Gasteiger partial charge in [0.05, 0.1) is 12.1 Å². The number of hydrogen-bond donors (Lipinski definition) is 1. The Bertz CT molecular complexity index is 653. The van der Waals surface area contributed by atoms with Gasteiger partial charge in [-0.05, 0) is 44.2 Å². The molecule has 0 amide bonds. The van der Waals surface area contributed by atoms with Crippen LogP contribution in [0.2, 0.25) is 0 Å². The Kier molecular flexibility index (Phi) is 3.91. The summed E-state index contributed by atoms with van der Waals surface area (Å²) in [7, 11) is 0. The highest BCUT2D eigenvalue weighted by molar-refractivity contribution is 5.22. The number of rotatable bonds is 4. The summed E-state index contributed by atoms with van der Waals surface area (Å²) < 4.78 is 5.76. The number of benzene rings is 1. The Balaban J connectivity index is 1.40. The van der Waals surface area contributed by atoms with Crippen LogP contribution in [0.3, 0.4) is 0 Å². The van der Waals surface area contributed by atoms with E-state index in [1.54, 1.807) is 0 Å². The van der Waals surface area contributed by atoms with Gasteiger partial charge in [-0.2, -0.15) is 0 Å². The first-order valence-corrected chi connectivity index (χ1v) is 8.55. The molecule has 2 aromatic rings. The molecule has 5 nitrogen and oxygen atoms in total. The topological polar surface area (TPSA) is 62.4 Å². The summed E-state index contributed by atoms with van der Waals surface area (Å²) in [6.07, 6.45) is 4.85. The van der Waals surface area contributed by atoms with Crippen LogP contribution in [0.4, 0.5) is 0 Å². The van der Waals surface area contributed by atoms with Crippen molar-refractivity contribution in [2.24, 2.45) is 0 Å². The summed E-state index contributed by atoms with van der Waals surface area (Å²) in [5, 5.41) is 19.3. The second kappa shape index (κ2) is 6.06. The molecule has 23 heavy (non-hydrogen) atoms. The lowest BCUT2D eigenvalue weighted by Gasteiger charge is -2.27. The average Bonchev–Trinajstić information content (AvgIpc) is 3.35. The first kappa shape index (κ1) is 14.8. The summed E-state index contributed by atoms with van der Waals surface area (Å²) >= 11 is 0. The third-order valence-electron chi connectivity index (χ3n) is 4.99. The van der Waals surface area contributed by atoms with Crippen molar-refractivity contribution in [2.75, 3.05) is 13.1 Å². The van der Waals surface area contributed by atoms with Gasteiger partial charge in [0.15, 0.2) is 0 Å². The Hall–Kier alpha value is -1.72. The molecule has 1 saturated heterocycles. The summed E-state index contributed by atoms with van der Waals surface area (Å²) in [5.74, 6) is 2.01. The molecule has 5 heteroatoms. The molecule has 4 rings (SSSR count). The van der Waals surface area contributed by atoms with E-state index in [0.29, 0.717) is 18.4 Å². The normalized spacial score (nSPS) is 26.1. The Morgan fingerprint density at radius 3 is 2.74 bits per heavy atom. The molecule has 1 atom stereocenters. The fourth-order valence-electron chi connectivity index (χ4n) is 3.39. The van der Waals surface area contributed by atoms with Gasteiger partial charge < -0.3 is 9.52 Å². The summed E-state index contributed by atoms with van der Waals surface area (Å²) in [6, 6.07) is 10.0. The molecule has 2 aliphatic rings. The molecule has 122 valence electrons. The first-order valence-electron chi connectivity index (χ1n) is 8.55. The summed E-state index contributed by atoms with van der Waals surface area (Å²) in [4.78, 5) is 2.31. The van der Waals surface area contributed by atoms with Gasteiger partial charge in [-0.25, -0.2) is 0 Å². The van der Waals surface area contributed by atoms with Gasteiger partial charge in [-0.3, -0.25) is 4.90 Å². The maximum Gasteiger partial charge on any atom is 0.230 e. The smallest absolute Gasteiger partial charge is 0.230 e. The average molecular weight is 313 g/mol. The zero-order chi connectivity index (χ0) is 15.7. The van der Waals surface area contributed by atoms with Crippen molar-refractivity contribution in [1.29, 1.82) is 0 Å². The maximum atomic E-state index is 11.0. The molecule has 1 aromatic heterocycles. The van der Waals surface area contributed by atoms with Gasteiger partial charge in [0.25, 0.3) is 0 Å². The van der Waals surface area contributed by atoms with E-state index in [-0.39, 0.29) is 0 Å². The SMILES string of the molecule is OC1(c2ccccc2)CCCN(Cc2nnc(C3CC3)o2)CC1. The van der Waals surface area contributed by atoms with Crippen molar-refractivity contribution in [3.05, 3.63) is 47.7 Å². The molecule has 1 aliphatic heterocycles. The number of likely N-dealkylation sites (tertiary alicyclic amines) is 1. The van der Waals surface area contributed by atoms with Crippen LogP contribution < -0.4 is 0 Å². The van der Waals surface area contributed by atoms with Crippen molar-refractivity contribution < 1.29 is 9.52 Å². The van der Waals surface area contributed by atoms with E-state index in [0.717, 1.165) is 43.8 Å². The number of aromatic nitrogens is 2. The van der Waals surface area contributed by atoms with Crippen LogP contribution >= 0.6 is 0 Å². The van der Waals surface area contributed by atoms with E-state index in [2.05, 4.69) is 15.1 Å². The zero-order valence-electron chi connectivity index (χ0n) is 13.3. The van der Waals surface area contributed by atoms with Gasteiger partial charge in [0.2, 0.25) is 11.8 Å². The Morgan fingerprint density at radius 2 is 1.96 bits per heavy atom. The lowest BCUT2D eigenvalue weighted by Crippen LogP contribution is -2.29. The second-order valence-electron chi connectivity index (χ2n) is 6.84. The van der Waals surface area contributed by atoms with Gasteiger partial charge >= 0.3 is 0 Å². The lowest BCUT2D eigenvalue weighted by molar-refractivity contribution is 0.0208. The van der Waals surface area contributed by atoms with Crippen LogP contribution in [0.1, 0.15) is 55.4 Å². The van der Waals surface area contributed by atoms with E-state index in [9.17, 15) is 5.11 Å². The molecule has 0 spiro atoms. The maximum absolute atomic E-state index is 11.0. The Labute approximate surface area is 136 Å². The molecular weight excluding hydrogens is 290 g/mol. The number of aliphatic hydroxyl groups is 1. The minimum atomic E-state index is -0.718. The van der Waals surface area contributed by atoms with Crippen molar-refractivity contribution in [1.82, 2.24) is 15.1 Å². The second-order valence-corrected chi connectivity index (χ2v) is 6.84. The molecule has 2 fully saturated rings. The molecule has 1 N–H and O–H groups in total. The van der Waals surface area contributed by atoms with Crippen molar-refractivity contribution in [2.45, 2.75) is 50.2 Å². The first-order chi connectivity index (χ1) is 11.2. The summed E-state index contributed by atoms with van der Waals surface area (Å²) in [5.41, 5.74) is 0.306. The standard InChI is InChI=1S/C18H23N3O2/c22-18(15-5-2-1-3-6-15)9-4-11-21(12-10-18)13-16-19-20-17(23-16)14-7-8-14/h1-3,5-6,14,22H,4,7-13H2. The van der Waals surface area contributed by atoms with Crippen LogP contribution in [0.5, 0.6) is 0 Å². The monoisotopic (exact) mass is 313 g/mol. The third-order valence-corrected chi connectivity index (χ3v) is 4.99. The largest absolute Gasteiger partial charge is 0.424 e. The van der Waals surface area contributed by atoms with E-state index >= 15 is 0 Å². The third kappa shape index (κ3) is 3.31. The van der Waals surface area contributed by atoms with E-state index < -0.39 is 5.60 Å². The fourth-order valence-corrected chi connectivity index (χ4v) is 3.39. The van der Waals surface area contributed by atoms with Crippen molar-refractivity contribution in [3.8, 4) is 0 Å². The Morgan fingerprint density at radius 1 is 1.13 bits per heavy atom. The van der Waals surface area contributed by atoms with Gasteiger partial charge in [-0.1, -0.05) is 30.3 Å². The molecule has 1 aliphatic carbocycles. The van der Waals surface area contributed by atoms with Crippen LogP contribution in [0.15, 0.2) is 34.7 Å². The minimum absolute atomic E-state index is 0.503. The highest BCUT2D eigenvalue weighted by atomic mass is 16.4. The molecule has 0 radical (unpaired) electrons. The lowest BCUT2D eigenvalue weighted by atomic mass is 9.87. The van der Waals surface area contributed by atoms with Crippen LogP contribution in [-0.4, -0.2) is 33.3 Å². The van der Waals surface area contributed by atoms with E-state index in [4.69, 9.17) is 4.42 Å². The number of nitrogens with zero attached hydrogens (tertiary/aromatic N) is 3. The highest BCUT2D eigenvalue weighted by Crippen LogP contribution is 2.39. The highest BCUT2D eigenvalue weighted by Gasteiger charge is 2.33. The van der Waals surface area contributed by atoms with Gasteiger partial charge in [-0.15, -0.1) is 10.2 Å². The molecule has 1 unspecified atom stereocenters. The number of hydrogen-bond acceptors (Lipinski definition) is 5. The van der Waals surface area contributed by atoms with Gasteiger partial charge in [0.1, 0.15) is 0 Å². The van der Waals surface area contributed by atoms with E-state index in [1.165, 1.54) is 12.8 Å². The predicted molar refractivity (Wildman–Crippen MR) is 85.7 cm³/mol. The van der Waals surface area contributed by atoms with Crippen LogP contribution in [-0.2, 0) is 12.1 Å². The van der Waals surface area contributed by atoms with E-state index in [1.807, 2.05) is 30.3 Å². The van der Waals surface area contributed by atoms with Crippen molar-refractivity contribution in [3.63, 3.8) is 0 Å². The van der Waals surface area contributed by atoms with Crippen molar-refractivity contribution >= 4 is 0 Å². The molecule has 0 bridgehead atoms. The van der Waals surface area contributed by atoms with Crippen LogP contribution in [0, 0.1) is 0 Å². The molecule has 2 heterocycles. The zero-order valence-corrected chi connectivity index (χ0v) is 13.3. The molecule has 1 aromatic carbocycles. The molecule has 1 saturated carbocycles. The van der Waals surface area contributed by atoms with Gasteiger partial charge in [0, 0.05) is 12.5 Å².